The molecule has 1 heterocycles. The highest BCUT2D eigenvalue weighted by molar-refractivity contribution is 7.71. The lowest BCUT2D eigenvalue weighted by molar-refractivity contribution is 0.187. The molecule has 0 bridgehead atoms. The topological polar surface area (TPSA) is 33.6 Å². The maximum Gasteiger partial charge on any atom is 0.195 e. The van der Waals surface area contributed by atoms with E-state index in [1.165, 1.54) is 25.7 Å². The van der Waals surface area contributed by atoms with Gasteiger partial charge in [0.25, 0.3) is 0 Å². The van der Waals surface area contributed by atoms with Crippen LogP contribution in [0.3, 0.4) is 0 Å². The fourth-order valence-corrected chi connectivity index (χ4v) is 3.38. The first-order chi connectivity index (χ1) is 7.93. The zero-order chi connectivity index (χ0) is 12.6. The Morgan fingerprint density at radius 2 is 2.12 bits per heavy atom. The Morgan fingerprint density at radius 3 is 2.71 bits per heavy atom. The second kappa shape index (κ2) is 4.56. The molecule has 4 heteroatoms. The molecule has 1 saturated carbocycles. The maximum absolute atomic E-state index is 5.34. The van der Waals surface area contributed by atoms with Crippen molar-refractivity contribution in [3.63, 3.8) is 0 Å². The molecule has 1 unspecified atom stereocenters. The molecule has 1 aliphatic rings. The fraction of sp³-hybridized carbons (Fsp3) is 0.846. The van der Waals surface area contributed by atoms with E-state index in [9.17, 15) is 0 Å². The van der Waals surface area contributed by atoms with E-state index in [0.29, 0.717) is 17.4 Å². The number of rotatable bonds is 2. The van der Waals surface area contributed by atoms with Crippen molar-refractivity contribution >= 4 is 12.2 Å². The van der Waals surface area contributed by atoms with Gasteiger partial charge in [-0.15, -0.1) is 0 Å². The highest BCUT2D eigenvalue weighted by atomic mass is 32.1. The zero-order valence-corrected chi connectivity index (χ0v) is 12.1. The predicted octanol–water partition coefficient (Wildman–Crippen LogP) is 4.21. The summed E-state index contributed by atoms with van der Waals surface area (Å²) < 4.78 is 2.95. The molecule has 96 valence electrons. The van der Waals surface area contributed by atoms with E-state index >= 15 is 0 Å². The van der Waals surface area contributed by atoms with Gasteiger partial charge in [0, 0.05) is 12.0 Å². The van der Waals surface area contributed by atoms with Crippen LogP contribution in [0.25, 0.3) is 0 Å². The molecular weight excluding hydrogens is 230 g/mol. The Morgan fingerprint density at radius 1 is 1.41 bits per heavy atom. The third-order valence-corrected chi connectivity index (χ3v) is 4.36. The molecular formula is C13H23N3S. The lowest BCUT2D eigenvalue weighted by atomic mass is 9.68. The lowest BCUT2D eigenvalue weighted by Gasteiger charge is -2.38. The van der Waals surface area contributed by atoms with Gasteiger partial charge >= 0.3 is 0 Å². The summed E-state index contributed by atoms with van der Waals surface area (Å²) in [5.41, 5.74) is 0.339. The second-order valence-corrected chi connectivity index (χ2v) is 6.52. The summed E-state index contributed by atoms with van der Waals surface area (Å²) in [4.78, 5) is 0. The maximum atomic E-state index is 5.34. The summed E-state index contributed by atoms with van der Waals surface area (Å²) in [6.45, 7) is 9.06. The normalized spacial score (nSPS) is 24.2. The van der Waals surface area contributed by atoms with Gasteiger partial charge in [0.15, 0.2) is 4.77 Å². The number of aromatic nitrogens is 3. The second-order valence-electron chi connectivity index (χ2n) is 6.14. The summed E-state index contributed by atoms with van der Waals surface area (Å²) in [6.07, 6.45) is 5.18. The highest BCUT2D eigenvalue weighted by Gasteiger charge is 2.36. The third-order valence-electron chi connectivity index (χ3n) is 4.07. The summed E-state index contributed by atoms with van der Waals surface area (Å²) in [5.74, 6) is 1.70. The summed E-state index contributed by atoms with van der Waals surface area (Å²) >= 11 is 5.34. The first-order valence-electron chi connectivity index (χ1n) is 6.60. The predicted molar refractivity (Wildman–Crippen MR) is 72.8 cm³/mol. The van der Waals surface area contributed by atoms with Crippen LogP contribution in [0, 0.1) is 10.2 Å². The average molecular weight is 253 g/mol. The van der Waals surface area contributed by atoms with Gasteiger partial charge in [-0.1, -0.05) is 26.7 Å². The average Bonchev–Trinajstić information content (AvgIpc) is 2.59. The van der Waals surface area contributed by atoms with Crippen molar-refractivity contribution in [2.24, 2.45) is 5.41 Å². The molecule has 3 nitrogen and oxygen atoms in total. The standard InChI is InChI=1S/C13H23N3S/c1-9(2)16-11(14-15-12(16)17)10-7-5-6-8-13(10,3)4/h9-10H,5-8H2,1-4H3,(H,15,17). The van der Waals surface area contributed by atoms with E-state index in [2.05, 4.69) is 42.5 Å². The molecule has 0 amide bonds. The van der Waals surface area contributed by atoms with Crippen LogP contribution in [-0.4, -0.2) is 14.8 Å². The van der Waals surface area contributed by atoms with Crippen molar-refractivity contribution in [2.75, 3.05) is 0 Å². The summed E-state index contributed by atoms with van der Waals surface area (Å²) in [6, 6.07) is 0.383. The van der Waals surface area contributed by atoms with Gasteiger partial charge in [-0.25, -0.2) is 0 Å². The summed E-state index contributed by atoms with van der Waals surface area (Å²) in [7, 11) is 0. The van der Waals surface area contributed by atoms with E-state index < -0.39 is 0 Å². The fourth-order valence-electron chi connectivity index (χ4n) is 3.03. The quantitative estimate of drug-likeness (QED) is 0.801. The van der Waals surface area contributed by atoms with Crippen molar-refractivity contribution in [1.82, 2.24) is 14.8 Å². The van der Waals surface area contributed by atoms with Crippen molar-refractivity contribution in [3.05, 3.63) is 10.6 Å². The van der Waals surface area contributed by atoms with Crippen LogP contribution in [0.5, 0.6) is 0 Å². The van der Waals surface area contributed by atoms with Crippen molar-refractivity contribution < 1.29 is 0 Å². The van der Waals surface area contributed by atoms with Crippen molar-refractivity contribution in [3.8, 4) is 0 Å². The van der Waals surface area contributed by atoms with Crippen LogP contribution in [0.15, 0.2) is 0 Å². The molecule has 1 aromatic heterocycles. The Labute approximate surface area is 109 Å². The van der Waals surface area contributed by atoms with Crippen LogP contribution < -0.4 is 0 Å². The van der Waals surface area contributed by atoms with Crippen LogP contribution in [0.1, 0.15) is 71.2 Å². The first kappa shape index (κ1) is 12.8. The Kier molecular flexibility index (Phi) is 3.43. The van der Waals surface area contributed by atoms with Crippen LogP contribution >= 0.6 is 12.2 Å². The van der Waals surface area contributed by atoms with Gasteiger partial charge in [-0.2, -0.15) is 5.10 Å². The van der Waals surface area contributed by atoms with Gasteiger partial charge < -0.3 is 4.57 Å². The number of nitrogens with zero attached hydrogens (tertiary/aromatic N) is 2. The molecule has 0 aromatic carbocycles. The van der Waals surface area contributed by atoms with E-state index in [1.54, 1.807) is 0 Å². The molecule has 1 aliphatic carbocycles. The molecule has 17 heavy (non-hydrogen) atoms. The molecule has 0 spiro atoms. The first-order valence-corrected chi connectivity index (χ1v) is 7.01. The smallest absolute Gasteiger partial charge is 0.195 e. The van der Waals surface area contributed by atoms with Gasteiger partial charge in [-0.05, 0) is 44.3 Å². The van der Waals surface area contributed by atoms with Gasteiger partial charge in [0.05, 0.1) is 0 Å². The minimum absolute atomic E-state index is 0.339. The van der Waals surface area contributed by atoms with Gasteiger partial charge in [0.1, 0.15) is 5.82 Å². The number of nitrogens with one attached hydrogen (secondary N) is 1. The van der Waals surface area contributed by atoms with Crippen molar-refractivity contribution in [2.45, 2.75) is 65.3 Å². The zero-order valence-electron chi connectivity index (χ0n) is 11.3. The minimum Gasteiger partial charge on any atom is -0.301 e. The SMILES string of the molecule is CC(C)n1c(C2CCCCC2(C)C)n[nH]c1=S. The highest BCUT2D eigenvalue weighted by Crippen LogP contribution is 2.46. The Balaban J connectivity index is 2.42. The molecule has 0 saturated heterocycles. The molecule has 1 aromatic rings. The lowest BCUT2D eigenvalue weighted by Crippen LogP contribution is -2.29. The largest absolute Gasteiger partial charge is 0.301 e. The molecule has 1 atom stereocenters. The third kappa shape index (κ3) is 2.32. The van der Waals surface area contributed by atoms with Gasteiger partial charge in [-0.3, -0.25) is 5.10 Å². The Bertz CT molecular complexity index is 442. The van der Waals surface area contributed by atoms with Crippen LogP contribution in [0.4, 0.5) is 0 Å². The molecule has 0 aliphatic heterocycles. The van der Waals surface area contributed by atoms with E-state index in [-0.39, 0.29) is 0 Å². The molecule has 0 radical (unpaired) electrons. The monoisotopic (exact) mass is 253 g/mol. The van der Waals surface area contributed by atoms with Gasteiger partial charge in [0.2, 0.25) is 0 Å². The number of aromatic amines is 1. The number of H-pyrrole nitrogens is 1. The number of hydrogen-bond acceptors (Lipinski definition) is 2. The summed E-state index contributed by atoms with van der Waals surface area (Å²) in [5, 5.41) is 7.47. The molecule has 1 fully saturated rings. The number of hydrogen-bond donors (Lipinski definition) is 1. The van der Waals surface area contributed by atoms with E-state index in [0.717, 1.165) is 10.6 Å². The minimum atomic E-state index is 0.339. The van der Waals surface area contributed by atoms with Crippen LogP contribution in [-0.2, 0) is 0 Å². The van der Waals surface area contributed by atoms with Crippen molar-refractivity contribution in [1.29, 1.82) is 0 Å². The molecule has 1 N–H and O–H groups in total. The molecule has 2 rings (SSSR count). The van der Waals surface area contributed by atoms with E-state index in [4.69, 9.17) is 12.2 Å². The van der Waals surface area contributed by atoms with E-state index in [1.807, 2.05) is 0 Å². The van der Waals surface area contributed by atoms with Crippen LogP contribution in [0.2, 0.25) is 0 Å². The Hall–Kier alpha value is -0.640.